The van der Waals surface area contributed by atoms with E-state index < -0.39 is 12.1 Å². The van der Waals surface area contributed by atoms with Crippen LogP contribution < -0.4 is 10.1 Å². The number of amides is 1. The predicted octanol–water partition coefficient (Wildman–Crippen LogP) is 1.46. The third kappa shape index (κ3) is 6.03. The normalized spacial score (nSPS) is 10.2. The molecule has 0 unspecified atom stereocenters. The zero-order chi connectivity index (χ0) is 15.0. The Bertz CT molecular complexity index is 462. The van der Waals surface area contributed by atoms with Crippen LogP contribution in [-0.2, 0) is 9.53 Å². The van der Waals surface area contributed by atoms with Crippen LogP contribution in [0.15, 0.2) is 18.3 Å². The number of esters is 1. The summed E-state index contributed by atoms with van der Waals surface area (Å²) in [5, 5.41) is 11.6. The van der Waals surface area contributed by atoms with Crippen molar-refractivity contribution in [2.75, 3.05) is 13.2 Å². The number of carbonyl (C=O) groups excluding carboxylic acids is 2. The number of hydrogen-bond acceptors (Lipinski definition) is 6. The third-order valence-corrected chi connectivity index (χ3v) is 2.28. The lowest BCUT2D eigenvalue weighted by atomic mass is 10.1. The van der Waals surface area contributed by atoms with Crippen molar-refractivity contribution in [2.24, 2.45) is 5.92 Å². The van der Waals surface area contributed by atoms with Crippen LogP contribution in [-0.4, -0.2) is 35.3 Å². The van der Waals surface area contributed by atoms with Crippen LogP contribution in [0.1, 0.15) is 20.3 Å². The Labute approximate surface area is 116 Å². The number of carbonyl (C=O) groups is 2. The van der Waals surface area contributed by atoms with Crippen molar-refractivity contribution in [3.8, 4) is 11.6 Å². The number of hydrogen-bond donors (Lipinski definition) is 2. The Morgan fingerprint density at radius 2 is 2.20 bits per heavy atom. The molecule has 110 valence electrons. The molecule has 7 heteroatoms. The number of aromatic hydroxyl groups is 1. The van der Waals surface area contributed by atoms with Gasteiger partial charge in [-0.25, -0.2) is 9.78 Å². The first-order valence-electron chi connectivity index (χ1n) is 6.24. The molecule has 0 fully saturated rings. The maximum Gasteiger partial charge on any atom is 0.414 e. The van der Waals surface area contributed by atoms with E-state index in [0.29, 0.717) is 12.5 Å². The highest BCUT2D eigenvalue weighted by Gasteiger charge is 2.11. The van der Waals surface area contributed by atoms with Crippen LogP contribution >= 0.6 is 0 Å². The fraction of sp³-hybridized carbons (Fsp3) is 0.462. The number of pyridine rings is 1. The monoisotopic (exact) mass is 282 g/mol. The van der Waals surface area contributed by atoms with Gasteiger partial charge in [-0.3, -0.25) is 4.79 Å². The Kier molecular flexibility index (Phi) is 6.28. The molecule has 1 aromatic heterocycles. The summed E-state index contributed by atoms with van der Waals surface area (Å²) in [4.78, 5) is 26.3. The van der Waals surface area contributed by atoms with Gasteiger partial charge in [0.1, 0.15) is 6.54 Å². The second kappa shape index (κ2) is 7.98. The van der Waals surface area contributed by atoms with E-state index in [-0.39, 0.29) is 18.2 Å². The molecule has 0 radical (unpaired) electrons. The number of ether oxygens (including phenoxy) is 2. The summed E-state index contributed by atoms with van der Waals surface area (Å²) in [5.41, 5.74) is 0. The predicted molar refractivity (Wildman–Crippen MR) is 70.3 cm³/mol. The molecule has 0 saturated carbocycles. The molecule has 1 aromatic rings. The van der Waals surface area contributed by atoms with E-state index in [1.165, 1.54) is 18.3 Å². The minimum atomic E-state index is -0.889. The highest BCUT2D eigenvalue weighted by atomic mass is 16.6. The van der Waals surface area contributed by atoms with Gasteiger partial charge in [-0.2, -0.15) is 0 Å². The summed E-state index contributed by atoms with van der Waals surface area (Å²) in [6.45, 7) is 4.05. The molecule has 0 aliphatic carbocycles. The lowest BCUT2D eigenvalue weighted by Gasteiger charge is -2.08. The summed E-state index contributed by atoms with van der Waals surface area (Å²) in [5.74, 6) is -0.596. The largest absolute Gasteiger partial charge is 0.503 e. The molecule has 0 aliphatic rings. The fourth-order valence-electron chi connectivity index (χ4n) is 1.19. The van der Waals surface area contributed by atoms with Gasteiger partial charge in [-0.05, 0) is 24.5 Å². The maximum absolute atomic E-state index is 11.4. The molecule has 2 N–H and O–H groups in total. The maximum atomic E-state index is 11.4. The molecule has 1 rings (SSSR count). The van der Waals surface area contributed by atoms with Gasteiger partial charge in [0.05, 0.1) is 6.61 Å². The van der Waals surface area contributed by atoms with Gasteiger partial charge in [0.25, 0.3) is 5.88 Å². The molecule has 1 heterocycles. The van der Waals surface area contributed by atoms with Crippen molar-refractivity contribution in [3.05, 3.63) is 18.3 Å². The Morgan fingerprint density at radius 3 is 2.85 bits per heavy atom. The first kappa shape index (κ1) is 15.7. The second-order valence-corrected chi connectivity index (χ2v) is 4.47. The van der Waals surface area contributed by atoms with Gasteiger partial charge >= 0.3 is 12.1 Å². The topological polar surface area (TPSA) is 97.8 Å². The minimum absolute atomic E-state index is 0.224. The lowest BCUT2D eigenvalue weighted by Crippen LogP contribution is -2.33. The van der Waals surface area contributed by atoms with Crippen molar-refractivity contribution in [1.82, 2.24) is 10.3 Å². The van der Waals surface area contributed by atoms with Gasteiger partial charge in [-0.15, -0.1) is 0 Å². The first-order chi connectivity index (χ1) is 9.49. The molecule has 0 bridgehead atoms. The summed E-state index contributed by atoms with van der Waals surface area (Å²) in [6.07, 6.45) is 1.24. The molecule has 0 spiro atoms. The van der Waals surface area contributed by atoms with Gasteiger partial charge in [0, 0.05) is 6.20 Å². The van der Waals surface area contributed by atoms with Crippen LogP contribution in [0.4, 0.5) is 4.79 Å². The highest BCUT2D eigenvalue weighted by Crippen LogP contribution is 2.20. The first-order valence-corrected chi connectivity index (χ1v) is 6.24. The van der Waals surface area contributed by atoms with Crippen molar-refractivity contribution in [1.29, 1.82) is 0 Å². The highest BCUT2D eigenvalue weighted by molar-refractivity contribution is 5.78. The standard InChI is InChI=1S/C13H18N2O5/c1-9(2)5-7-19-11(17)8-15-13(18)20-12-10(16)4-3-6-14-12/h3-4,6,9,16H,5,7-8H2,1-2H3,(H,15,18). The molecule has 0 aromatic carbocycles. The van der Waals surface area contributed by atoms with E-state index in [2.05, 4.69) is 10.3 Å². The van der Waals surface area contributed by atoms with E-state index >= 15 is 0 Å². The van der Waals surface area contributed by atoms with Gasteiger partial charge < -0.3 is 19.9 Å². The molecule has 0 saturated heterocycles. The average molecular weight is 282 g/mol. The second-order valence-electron chi connectivity index (χ2n) is 4.47. The number of nitrogens with one attached hydrogen (secondary N) is 1. The molecule has 20 heavy (non-hydrogen) atoms. The molecular formula is C13H18N2O5. The molecule has 1 amide bonds. The van der Waals surface area contributed by atoms with E-state index in [0.717, 1.165) is 6.42 Å². The fourth-order valence-corrected chi connectivity index (χ4v) is 1.19. The van der Waals surface area contributed by atoms with Crippen molar-refractivity contribution >= 4 is 12.1 Å². The van der Waals surface area contributed by atoms with E-state index in [1.54, 1.807) is 0 Å². The zero-order valence-corrected chi connectivity index (χ0v) is 11.5. The van der Waals surface area contributed by atoms with Gasteiger partial charge in [-0.1, -0.05) is 13.8 Å². The smallest absolute Gasteiger partial charge is 0.414 e. The Morgan fingerprint density at radius 1 is 1.45 bits per heavy atom. The average Bonchev–Trinajstić information content (AvgIpc) is 2.39. The molecule has 7 nitrogen and oxygen atoms in total. The van der Waals surface area contributed by atoms with E-state index in [1.807, 2.05) is 13.8 Å². The summed E-state index contributed by atoms with van der Waals surface area (Å²) in [7, 11) is 0. The van der Waals surface area contributed by atoms with E-state index in [4.69, 9.17) is 9.47 Å². The van der Waals surface area contributed by atoms with Crippen LogP contribution in [0.25, 0.3) is 0 Å². The number of rotatable bonds is 6. The van der Waals surface area contributed by atoms with Crippen LogP contribution in [0.5, 0.6) is 11.6 Å². The zero-order valence-electron chi connectivity index (χ0n) is 11.5. The van der Waals surface area contributed by atoms with Crippen LogP contribution in [0, 0.1) is 5.92 Å². The SMILES string of the molecule is CC(C)CCOC(=O)CNC(=O)Oc1ncccc1O. The van der Waals surface area contributed by atoms with Gasteiger partial charge in [0.2, 0.25) is 0 Å². The Balaban J connectivity index is 2.26. The van der Waals surface area contributed by atoms with Gasteiger partial charge in [0.15, 0.2) is 5.75 Å². The Hall–Kier alpha value is -2.31. The molecular weight excluding hydrogens is 264 g/mol. The van der Waals surface area contributed by atoms with Crippen molar-refractivity contribution in [2.45, 2.75) is 20.3 Å². The van der Waals surface area contributed by atoms with Crippen molar-refractivity contribution < 1.29 is 24.2 Å². The lowest BCUT2D eigenvalue weighted by molar-refractivity contribution is -0.142. The van der Waals surface area contributed by atoms with E-state index in [9.17, 15) is 14.7 Å². The quantitative estimate of drug-likeness (QED) is 0.767. The summed E-state index contributed by atoms with van der Waals surface area (Å²) in [6, 6.07) is 2.82. The molecule has 0 aliphatic heterocycles. The summed E-state index contributed by atoms with van der Waals surface area (Å²) < 4.78 is 9.62. The summed E-state index contributed by atoms with van der Waals surface area (Å²) >= 11 is 0. The number of nitrogens with zero attached hydrogens (tertiary/aromatic N) is 1. The molecule has 0 atom stereocenters. The van der Waals surface area contributed by atoms with Crippen LogP contribution in [0.2, 0.25) is 0 Å². The minimum Gasteiger partial charge on any atom is -0.503 e. The number of aromatic nitrogens is 1. The third-order valence-electron chi connectivity index (χ3n) is 2.28. The van der Waals surface area contributed by atoms with Crippen LogP contribution in [0.3, 0.4) is 0 Å². The van der Waals surface area contributed by atoms with Crippen molar-refractivity contribution in [3.63, 3.8) is 0 Å².